The molecule has 21 heavy (non-hydrogen) atoms. The highest BCUT2D eigenvalue weighted by molar-refractivity contribution is 5.96. The van der Waals surface area contributed by atoms with Crippen molar-refractivity contribution < 1.29 is 4.79 Å². The minimum Gasteiger partial charge on any atom is -0.396 e. The van der Waals surface area contributed by atoms with Gasteiger partial charge >= 0.3 is 0 Å². The molecule has 0 aliphatic heterocycles. The van der Waals surface area contributed by atoms with Gasteiger partial charge in [-0.1, -0.05) is 25.1 Å². The molecule has 0 aliphatic rings. The Labute approximate surface area is 124 Å². The molecule has 0 radical (unpaired) electrons. The fraction of sp³-hybridized carbons (Fsp3) is 0.375. The molecule has 1 aromatic carbocycles. The molecule has 1 aromatic heterocycles. The van der Waals surface area contributed by atoms with Crippen LogP contribution in [0.2, 0.25) is 0 Å². The lowest BCUT2D eigenvalue weighted by atomic mass is 10.1. The Hall–Kier alpha value is -2.30. The van der Waals surface area contributed by atoms with Crippen LogP contribution < -0.4 is 16.4 Å². The van der Waals surface area contributed by atoms with Gasteiger partial charge in [-0.3, -0.25) is 9.78 Å². The molecule has 112 valence electrons. The van der Waals surface area contributed by atoms with E-state index in [1.165, 1.54) is 0 Å². The maximum Gasteiger partial charge on any atom is 0.221 e. The van der Waals surface area contributed by atoms with Crippen LogP contribution in [0.3, 0.4) is 0 Å². The van der Waals surface area contributed by atoms with Gasteiger partial charge in [0.05, 0.1) is 23.1 Å². The second-order valence-corrected chi connectivity index (χ2v) is 5.16. The van der Waals surface area contributed by atoms with E-state index in [4.69, 9.17) is 5.73 Å². The zero-order chi connectivity index (χ0) is 15.2. The van der Waals surface area contributed by atoms with Crippen LogP contribution in [0.15, 0.2) is 30.5 Å². The highest BCUT2D eigenvalue weighted by Crippen LogP contribution is 2.27. The number of nitrogens with two attached hydrogens (primary N) is 1. The van der Waals surface area contributed by atoms with Gasteiger partial charge in [-0.05, 0) is 19.4 Å². The SMILES string of the molecule is CCC(C)NC(=O)CCNc1c(N)cnc2ccccc12. The Bertz CT molecular complexity index is 627. The molecule has 4 N–H and O–H groups in total. The summed E-state index contributed by atoms with van der Waals surface area (Å²) in [6.07, 6.45) is 2.99. The number of nitrogen functional groups attached to an aromatic ring is 1. The first-order valence-corrected chi connectivity index (χ1v) is 7.28. The van der Waals surface area contributed by atoms with Crippen molar-refractivity contribution in [3.8, 4) is 0 Å². The van der Waals surface area contributed by atoms with E-state index in [0.29, 0.717) is 18.7 Å². The highest BCUT2D eigenvalue weighted by atomic mass is 16.1. The number of carbonyl (C=O) groups is 1. The van der Waals surface area contributed by atoms with Gasteiger partial charge in [-0.2, -0.15) is 0 Å². The number of carbonyl (C=O) groups excluding carboxylic acids is 1. The maximum atomic E-state index is 11.8. The minimum absolute atomic E-state index is 0.0498. The molecule has 0 fully saturated rings. The van der Waals surface area contributed by atoms with Gasteiger partial charge in [0.1, 0.15) is 0 Å². The third-order valence-electron chi connectivity index (χ3n) is 3.48. The first-order valence-electron chi connectivity index (χ1n) is 7.28. The number of para-hydroxylation sites is 1. The van der Waals surface area contributed by atoms with E-state index < -0.39 is 0 Å². The second kappa shape index (κ2) is 6.92. The van der Waals surface area contributed by atoms with Crippen LogP contribution in [0, 0.1) is 0 Å². The Morgan fingerprint density at radius 2 is 2.14 bits per heavy atom. The average molecular weight is 286 g/mol. The summed E-state index contributed by atoms with van der Waals surface area (Å²) in [5, 5.41) is 7.17. The van der Waals surface area contributed by atoms with Crippen LogP contribution in [0.25, 0.3) is 10.9 Å². The van der Waals surface area contributed by atoms with Crippen molar-refractivity contribution in [1.82, 2.24) is 10.3 Å². The molecular weight excluding hydrogens is 264 g/mol. The number of rotatable bonds is 6. The van der Waals surface area contributed by atoms with Crippen LogP contribution in [0.4, 0.5) is 11.4 Å². The quantitative estimate of drug-likeness (QED) is 0.762. The van der Waals surface area contributed by atoms with Crippen molar-refractivity contribution in [1.29, 1.82) is 0 Å². The Morgan fingerprint density at radius 3 is 2.90 bits per heavy atom. The largest absolute Gasteiger partial charge is 0.396 e. The molecular formula is C16H22N4O. The first-order chi connectivity index (χ1) is 10.1. The zero-order valence-electron chi connectivity index (χ0n) is 12.5. The lowest BCUT2D eigenvalue weighted by molar-refractivity contribution is -0.121. The molecule has 0 saturated heterocycles. The number of anilines is 2. The van der Waals surface area contributed by atoms with Crippen molar-refractivity contribution >= 4 is 28.2 Å². The number of fused-ring (bicyclic) bond motifs is 1. The number of hydrogen-bond acceptors (Lipinski definition) is 4. The first kappa shape index (κ1) is 15.1. The van der Waals surface area contributed by atoms with Gasteiger partial charge in [0.25, 0.3) is 0 Å². The number of benzene rings is 1. The van der Waals surface area contributed by atoms with E-state index in [9.17, 15) is 4.79 Å². The summed E-state index contributed by atoms with van der Waals surface area (Å²) >= 11 is 0. The van der Waals surface area contributed by atoms with Crippen LogP contribution in [-0.2, 0) is 4.79 Å². The summed E-state index contributed by atoms with van der Waals surface area (Å²) in [6.45, 7) is 4.59. The third-order valence-corrected chi connectivity index (χ3v) is 3.48. The number of nitrogens with one attached hydrogen (secondary N) is 2. The predicted molar refractivity (Wildman–Crippen MR) is 87.2 cm³/mol. The zero-order valence-corrected chi connectivity index (χ0v) is 12.5. The monoisotopic (exact) mass is 286 g/mol. The smallest absolute Gasteiger partial charge is 0.221 e. The number of hydrogen-bond donors (Lipinski definition) is 3. The molecule has 5 heteroatoms. The van der Waals surface area contributed by atoms with E-state index in [1.54, 1.807) is 6.20 Å². The van der Waals surface area contributed by atoms with Crippen molar-refractivity contribution in [2.45, 2.75) is 32.7 Å². The second-order valence-electron chi connectivity index (χ2n) is 5.16. The Balaban J connectivity index is 2.00. The standard InChI is InChI=1S/C16H22N4O/c1-3-11(2)20-15(21)8-9-18-16-12-6-4-5-7-14(12)19-10-13(16)17/h4-7,10-11H,3,8-9,17H2,1-2H3,(H,18,19)(H,20,21). The minimum atomic E-state index is 0.0498. The van der Waals surface area contributed by atoms with Crippen LogP contribution in [0.5, 0.6) is 0 Å². The fourth-order valence-corrected chi connectivity index (χ4v) is 2.10. The molecule has 1 amide bonds. The molecule has 5 nitrogen and oxygen atoms in total. The third kappa shape index (κ3) is 3.84. The van der Waals surface area contributed by atoms with Gasteiger partial charge in [0.15, 0.2) is 0 Å². The molecule has 2 rings (SSSR count). The van der Waals surface area contributed by atoms with Gasteiger partial charge in [0.2, 0.25) is 5.91 Å². The van der Waals surface area contributed by atoms with Gasteiger partial charge in [0, 0.05) is 24.4 Å². The molecule has 0 aliphatic carbocycles. The lowest BCUT2D eigenvalue weighted by Gasteiger charge is -2.14. The Morgan fingerprint density at radius 1 is 1.38 bits per heavy atom. The Kier molecular flexibility index (Phi) is 4.98. The van der Waals surface area contributed by atoms with E-state index in [2.05, 4.69) is 15.6 Å². The molecule has 1 heterocycles. The molecule has 0 saturated carbocycles. The normalized spacial score (nSPS) is 12.1. The maximum absolute atomic E-state index is 11.8. The average Bonchev–Trinajstić information content (AvgIpc) is 2.49. The van der Waals surface area contributed by atoms with Crippen LogP contribution in [-0.4, -0.2) is 23.5 Å². The summed E-state index contributed by atoms with van der Waals surface area (Å²) in [5.74, 6) is 0.0498. The van der Waals surface area contributed by atoms with E-state index in [0.717, 1.165) is 23.0 Å². The van der Waals surface area contributed by atoms with E-state index in [1.807, 2.05) is 38.1 Å². The number of nitrogens with zero attached hydrogens (tertiary/aromatic N) is 1. The summed E-state index contributed by atoms with van der Waals surface area (Å²) in [6, 6.07) is 8.01. The van der Waals surface area contributed by atoms with Crippen LogP contribution >= 0.6 is 0 Å². The molecule has 0 bridgehead atoms. The molecule has 2 aromatic rings. The summed E-state index contributed by atoms with van der Waals surface area (Å²) in [7, 11) is 0. The highest BCUT2D eigenvalue weighted by Gasteiger charge is 2.08. The molecule has 1 atom stereocenters. The predicted octanol–water partition coefficient (Wildman–Crippen LogP) is 2.53. The molecule has 0 spiro atoms. The summed E-state index contributed by atoms with van der Waals surface area (Å²) in [4.78, 5) is 16.0. The number of amides is 1. The van der Waals surface area contributed by atoms with Crippen molar-refractivity contribution in [3.05, 3.63) is 30.5 Å². The van der Waals surface area contributed by atoms with Crippen molar-refractivity contribution in [3.63, 3.8) is 0 Å². The number of aromatic nitrogens is 1. The fourth-order valence-electron chi connectivity index (χ4n) is 2.10. The van der Waals surface area contributed by atoms with Gasteiger partial charge in [-0.15, -0.1) is 0 Å². The summed E-state index contributed by atoms with van der Waals surface area (Å²) < 4.78 is 0. The summed E-state index contributed by atoms with van der Waals surface area (Å²) in [5.41, 5.74) is 8.31. The van der Waals surface area contributed by atoms with Crippen LogP contribution in [0.1, 0.15) is 26.7 Å². The van der Waals surface area contributed by atoms with Crippen molar-refractivity contribution in [2.75, 3.05) is 17.6 Å². The number of pyridine rings is 1. The topological polar surface area (TPSA) is 80.0 Å². The van der Waals surface area contributed by atoms with Crippen molar-refractivity contribution in [2.24, 2.45) is 0 Å². The lowest BCUT2D eigenvalue weighted by Crippen LogP contribution is -2.33. The van der Waals surface area contributed by atoms with Gasteiger partial charge in [-0.25, -0.2) is 0 Å². The van der Waals surface area contributed by atoms with E-state index in [-0.39, 0.29) is 11.9 Å². The van der Waals surface area contributed by atoms with E-state index >= 15 is 0 Å². The molecule has 1 unspecified atom stereocenters. The van der Waals surface area contributed by atoms with Gasteiger partial charge < -0.3 is 16.4 Å².